The first-order chi connectivity index (χ1) is 20.5. The van der Waals surface area contributed by atoms with Crippen molar-refractivity contribution in [2.75, 3.05) is 43.0 Å². The Morgan fingerprint density at radius 2 is 1.95 bits per heavy atom. The summed E-state index contributed by atoms with van der Waals surface area (Å²) in [7, 11) is 0. The molecule has 2 aliphatic rings. The standard InChI is InChI=1S/C32H31ClFN5O3/c33-26-17-24(9-10-29(26)42-20-22-6-3-7-23(34)16-22)37-32-25-18-28-30(19-27(25)35-21-36-32)41-15-5-14-39(28)31(40)8-4-13-38-11-1-2-12-38/h3-4,6-10,16-19,21H,1-2,5,11-15,20H2,(H,35,36,37). The third-order valence-corrected chi connectivity index (χ3v) is 7.65. The van der Waals surface area contributed by atoms with Crippen molar-refractivity contribution in [1.29, 1.82) is 0 Å². The van der Waals surface area contributed by atoms with Gasteiger partial charge in [0, 0.05) is 36.3 Å². The van der Waals surface area contributed by atoms with Crippen molar-refractivity contribution < 1.29 is 18.7 Å². The predicted molar refractivity (Wildman–Crippen MR) is 162 cm³/mol. The number of halogens is 2. The van der Waals surface area contributed by atoms with E-state index in [1.807, 2.05) is 24.3 Å². The Morgan fingerprint density at radius 3 is 2.79 bits per heavy atom. The van der Waals surface area contributed by atoms with Crippen LogP contribution in [0, 0.1) is 5.82 Å². The largest absolute Gasteiger partial charge is 0.491 e. The van der Waals surface area contributed by atoms with Crippen LogP contribution in [0.3, 0.4) is 0 Å². The van der Waals surface area contributed by atoms with Crippen LogP contribution in [0.25, 0.3) is 10.9 Å². The Morgan fingerprint density at radius 1 is 1.07 bits per heavy atom. The van der Waals surface area contributed by atoms with E-state index in [0.717, 1.165) is 31.4 Å². The van der Waals surface area contributed by atoms with Crippen molar-refractivity contribution in [1.82, 2.24) is 14.9 Å². The summed E-state index contributed by atoms with van der Waals surface area (Å²) in [6, 6.07) is 15.3. The van der Waals surface area contributed by atoms with Gasteiger partial charge in [-0.25, -0.2) is 14.4 Å². The van der Waals surface area contributed by atoms with E-state index in [9.17, 15) is 9.18 Å². The maximum atomic E-state index is 13.5. The number of nitrogens with one attached hydrogen (secondary N) is 1. The molecule has 0 bridgehead atoms. The first-order valence-electron chi connectivity index (χ1n) is 14.1. The molecule has 0 saturated carbocycles. The first kappa shape index (κ1) is 27.9. The SMILES string of the molecule is O=C(C=CCN1CCCC1)N1CCCOc2cc3ncnc(Nc4ccc(OCc5cccc(F)c5)c(Cl)c4)c3cc21. The lowest BCUT2D eigenvalue weighted by Crippen LogP contribution is -2.30. The van der Waals surface area contributed by atoms with E-state index in [1.54, 1.807) is 35.2 Å². The van der Waals surface area contributed by atoms with E-state index in [2.05, 4.69) is 20.2 Å². The smallest absolute Gasteiger partial charge is 0.250 e. The van der Waals surface area contributed by atoms with Crippen molar-refractivity contribution in [2.24, 2.45) is 0 Å². The highest BCUT2D eigenvalue weighted by molar-refractivity contribution is 6.32. The fourth-order valence-electron chi connectivity index (χ4n) is 5.23. The molecule has 0 radical (unpaired) electrons. The second kappa shape index (κ2) is 12.8. The molecule has 4 aromatic rings. The number of rotatable bonds is 8. The molecule has 6 rings (SSSR count). The molecule has 8 nitrogen and oxygen atoms in total. The maximum absolute atomic E-state index is 13.5. The van der Waals surface area contributed by atoms with Gasteiger partial charge in [0.1, 0.15) is 36.1 Å². The number of aromatic nitrogens is 2. The molecule has 42 heavy (non-hydrogen) atoms. The van der Waals surface area contributed by atoms with Gasteiger partial charge in [-0.3, -0.25) is 9.69 Å². The van der Waals surface area contributed by atoms with Crippen LogP contribution < -0.4 is 19.7 Å². The summed E-state index contributed by atoms with van der Waals surface area (Å²) in [5.41, 5.74) is 2.78. The van der Waals surface area contributed by atoms with Gasteiger partial charge >= 0.3 is 0 Å². The fourth-order valence-corrected chi connectivity index (χ4v) is 5.47. The van der Waals surface area contributed by atoms with Crippen molar-refractivity contribution in [3.63, 3.8) is 0 Å². The molecule has 1 saturated heterocycles. The van der Waals surface area contributed by atoms with Gasteiger partial charge in [0.15, 0.2) is 0 Å². The Bertz CT molecular complexity index is 1630. The highest BCUT2D eigenvalue weighted by Crippen LogP contribution is 2.38. The highest BCUT2D eigenvalue weighted by Gasteiger charge is 2.23. The van der Waals surface area contributed by atoms with Gasteiger partial charge in [-0.15, -0.1) is 0 Å². The van der Waals surface area contributed by atoms with Crippen LogP contribution >= 0.6 is 11.6 Å². The number of anilines is 3. The Kier molecular flexibility index (Phi) is 8.48. The van der Waals surface area contributed by atoms with Crippen LogP contribution in [0.5, 0.6) is 11.5 Å². The minimum absolute atomic E-state index is 0.0766. The third-order valence-electron chi connectivity index (χ3n) is 7.36. The summed E-state index contributed by atoms with van der Waals surface area (Å²) in [4.78, 5) is 26.3. The normalized spacial score (nSPS) is 15.4. The van der Waals surface area contributed by atoms with Crippen LogP contribution in [0.1, 0.15) is 24.8 Å². The monoisotopic (exact) mass is 587 g/mol. The quantitative estimate of drug-likeness (QED) is 0.235. The summed E-state index contributed by atoms with van der Waals surface area (Å²) in [5, 5.41) is 4.46. The zero-order valence-corrected chi connectivity index (χ0v) is 23.8. The number of carbonyl (C=O) groups excluding carboxylic acids is 1. The Hall–Kier alpha value is -4.21. The van der Waals surface area contributed by atoms with E-state index in [-0.39, 0.29) is 18.3 Å². The molecule has 0 spiro atoms. The summed E-state index contributed by atoms with van der Waals surface area (Å²) >= 11 is 6.52. The molecular weight excluding hydrogens is 557 g/mol. The van der Waals surface area contributed by atoms with Gasteiger partial charge in [-0.05, 0) is 74.3 Å². The number of amides is 1. The van der Waals surface area contributed by atoms with E-state index in [0.29, 0.717) is 57.9 Å². The van der Waals surface area contributed by atoms with Crippen LogP contribution in [0.15, 0.2) is 73.1 Å². The third kappa shape index (κ3) is 6.48. The number of hydrogen-bond acceptors (Lipinski definition) is 7. The average molecular weight is 588 g/mol. The summed E-state index contributed by atoms with van der Waals surface area (Å²) in [6.07, 6.45) is 8.24. The lowest BCUT2D eigenvalue weighted by molar-refractivity contribution is -0.114. The zero-order chi connectivity index (χ0) is 28.9. The van der Waals surface area contributed by atoms with Crippen molar-refractivity contribution in [2.45, 2.75) is 25.9 Å². The van der Waals surface area contributed by atoms with E-state index in [1.165, 1.54) is 31.3 Å². The summed E-state index contributed by atoms with van der Waals surface area (Å²) in [6.45, 7) is 4.19. The van der Waals surface area contributed by atoms with Crippen LogP contribution in [-0.2, 0) is 11.4 Å². The van der Waals surface area contributed by atoms with Gasteiger partial charge in [-0.2, -0.15) is 0 Å². The van der Waals surface area contributed by atoms with E-state index < -0.39 is 0 Å². The minimum atomic E-state index is -0.316. The zero-order valence-electron chi connectivity index (χ0n) is 23.1. The van der Waals surface area contributed by atoms with Gasteiger partial charge in [-0.1, -0.05) is 29.8 Å². The Labute approximate surface area is 248 Å². The van der Waals surface area contributed by atoms with Crippen molar-refractivity contribution in [3.05, 3.63) is 89.5 Å². The number of hydrogen-bond donors (Lipinski definition) is 1. The predicted octanol–water partition coefficient (Wildman–Crippen LogP) is 6.51. The van der Waals surface area contributed by atoms with Crippen LogP contribution in [0.4, 0.5) is 21.6 Å². The second-order valence-corrected chi connectivity index (χ2v) is 10.8. The fraction of sp³-hybridized carbons (Fsp3) is 0.281. The number of benzene rings is 3. The van der Waals surface area contributed by atoms with Crippen molar-refractivity contribution in [3.8, 4) is 11.5 Å². The molecule has 1 amide bonds. The molecule has 3 heterocycles. The lowest BCUT2D eigenvalue weighted by atomic mass is 10.1. The van der Waals surface area contributed by atoms with Gasteiger partial charge in [0.25, 0.3) is 5.91 Å². The van der Waals surface area contributed by atoms with Gasteiger partial charge < -0.3 is 19.7 Å². The van der Waals surface area contributed by atoms with Gasteiger partial charge in [0.2, 0.25) is 0 Å². The summed E-state index contributed by atoms with van der Waals surface area (Å²) in [5.74, 6) is 1.27. The molecule has 1 aromatic heterocycles. The highest BCUT2D eigenvalue weighted by atomic mass is 35.5. The van der Waals surface area contributed by atoms with Crippen LogP contribution in [-0.4, -0.2) is 53.6 Å². The Balaban J connectivity index is 1.22. The van der Waals surface area contributed by atoms with Crippen LogP contribution in [0.2, 0.25) is 5.02 Å². The molecule has 216 valence electrons. The number of ether oxygens (including phenoxy) is 2. The molecule has 1 fully saturated rings. The van der Waals surface area contributed by atoms with E-state index in [4.69, 9.17) is 21.1 Å². The summed E-state index contributed by atoms with van der Waals surface area (Å²) < 4.78 is 25.3. The van der Waals surface area contributed by atoms with Gasteiger partial charge in [0.05, 0.1) is 22.8 Å². The molecule has 0 atom stereocenters. The topological polar surface area (TPSA) is 79.8 Å². The number of carbonyl (C=O) groups is 1. The molecular formula is C32H31ClFN5O3. The second-order valence-electron chi connectivity index (χ2n) is 10.4. The molecule has 0 unspecified atom stereocenters. The molecule has 3 aromatic carbocycles. The average Bonchev–Trinajstić information content (AvgIpc) is 3.42. The number of fused-ring (bicyclic) bond motifs is 2. The van der Waals surface area contributed by atoms with Crippen molar-refractivity contribution >= 4 is 45.6 Å². The van der Waals surface area contributed by atoms with E-state index >= 15 is 0 Å². The first-order valence-corrected chi connectivity index (χ1v) is 14.5. The number of likely N-dealkylation sites (tertiary alicyclic amines) is 1. The maximum Gasteiger partial charge on any atom is 0.250 e. The lowest BCUT2D eigenvalue weighted by Gasteiger charge is -2.21. The molecule has 1 N–H and O–H groups in total. The molecule has 0 aliphatic carbocycles. The minimum Gasteiger partial charge on any atom is -0.491 e. The molecule has 2 aliphatic heterocycles. The molecule has 10 heteroatoms. The number of nitrogens with zero attached hydrogens (tertiary/aromatic N) is 4.